The van der Waals surface area contributed by atoms with Crippen LogP contribution in [0.5, 0.6) is 0 Å². The molecule has 1 unspecified atom stereocenters. The zero-order valence-electron chi connectivity index (χ0n) is 7.10. The first-order chi connectivity index (χ1) is 5.27. The summed E-state index contributed by atoms with van der Waals surface area (Å²) in [5.41, 5.74) is -0.588. The molecule has 0 amide bonds. The molecule has 1 heterocycles. The number of aliphatic hydroxyl groups is 1. The quantitative estimate of drug-likeness (QED) is 0.573. The van der Waals surface area contributed by atoms with Crippen LogP contribution >= 0.6 is 0 Å². The number of hydrogen-bond acceptors (Lipinski definition) is 3. The number of ether oxygens (including phenoxy) is 1. The van der Waals surface area contributed by atoms with E-state index in [1.807, 2.05) is 0 Å². The molecule has 2 N–H and O–H groups in total. The van der Waals surface area contributed by atoms with Crippen LogP contribution in [0.4, 0.5) is 0 Å². The van der Waals surface area contributed by atoms with Gasteiger partial charge >= 0.3 is 0 Å². The van der Waals surface area contributed by atoms with Crippen molar-refractivity contribution in [2.24, 2.45) is 0 Å². The minimum Gasteiger partial charge on any atom is -0.386 e. The Morgan fingerprint density at radius 3 is 3.00 bits per heavy atom. The fraction of sp³-hybridized carbons (Fsp3) is 1.00. The molecule has 0 saturated carbocycles. The fourth-order valence-electron chi connectivity index (χ4n) is 1.26. The largest absolute Gasteiger partial charge is 0.386 e. The van der Waals surface area contributed by atoms with E-state index in [2.05, 4.69) is 12.2 Å². The highest BCUT2D eigenvalue weighted by Crippen LogP contribution is 2.14. The van der Waals surface area contributed by atoms with Gasteiger partial charge in [-0.2, -0.15) is 0 Å². The molecule has 1 aliphatic heterocycles. The van der Waals surface area contributed by atoms with E-state index in [1.54, 1.807) is 0 Å². The normalized spacial score (nSPS) is 31.1. The Morgan fingerprint density at radius 2 is 2.45 bits per heavy atom. The zero-order valence-corrected chi connectivity index (χ0v) is 7.10. The third kappa shape index (κ3) is 2.77. The van der Waals surface area contributed by atoms with Gasteiger partial charge in [0.25, 0.3) is 0 Å². The maximum Gasteiger partial charge on any atom is 0.102 e. The van der Waals surface area contributed by atoms with Crippen molar-refractivity contribution in [1.82, 2.24) is 5.32 Å². The second-order valence-electron chi connectivity index (χ2n) is 3.20. The molecule has 0 spiro atoms. The van der Waals surface area contributed by atoms with Crippen molar-refractivity contribution >= 4 is 0 Å². The highest BCUT2D eigenvalue weighted by molar-refractivity contribution is 4.87. The average molecular weight is 159 g/mol. The molecule has 1 rings (SSSR count). The fourth-order valence-corrected chi connectivity index (χ4v) is 1.26. The van der Waals surface area contributed by atoms with Gasteiger partial charge in [-0.05, 0) is 19.4 Å². The summed E-state index contributed by atoms with van der Waals surface area (Å²) in [4.78, 5) is 0. The third-order valence-corrected chi connectivity index (χ3v) is 1.94. The van der Waals surface area contributed by atoms with Crippen molar-refractivity contribution in [1.29, 1.82) is 0 Å². The van der Waals surface area contributed by atoms with Gasteiger partial charge < -0.3 is 15.2 Å². The van der Waals surface area contributed by atoms with Crippen LogP contribution in [0.2, 0.25) is 0 Å². The van der Waals surface area contributed by atoms with Crippen molar-refractivity contribution in [3.63, 3.8) is 0 Å². The van der Waals surface area contributed by atoms with Gasteiger partial charge in [0.05, 0.1) is 6.61 Å². The second-order valence-corrected chi connectivity index (χ2v) is 3.20. The number of rotatable bonds is 4. The smallest absolute Gasteiger partial charge is 0.102 e. The first-order valence-electron chi connectivity index (χ1n) is 4.28. The Labute approximate surface area is 67.7 Å². The molecule has 3 heteroatoms. The van der Waals surface area contributed by atoms with Crippen molar-refractivity contribution in [3.05, 3.63) is 0 Å². The molecule has 11 heavy (non-hydrogen) atoms. The molecule has 0 radical (unpaired) electrons. The van der Waals surface area contributed by atoms with Crippen LogP contribution in [0, 0.1) is 0 Å². The molecular weight excluding hydrogens is 142 g/mol. The van der Waals surface area contributed by atoms with Gasteiger partial charge in [-0.3, -0.25) is 0 Å². The van der Waals surface area contributed by atoms with Crippen LogP contribution in [0.1, 0.15) is 19.8 Å². The van der Waals surface area contributed by atoms with Gasteiger partial charge in [0.2, 0.25) is 0 Å². The van der Waals surface area contributed by atoms with Crippen LogP contribution in [0.15, 0.2) is 0 Å². The minimum atomic E-state index is -0.588. The van der Waals surface area contributed by atoms with Crippen LogP contribution in [0.3, 0.4) is 0 Å². The Bertz CT molecular complexity index is 111. The predicted molar refractivity (Wildman–Crippen MR) is 43.5 cm³/mol. The first-order valence-corrected chi connectivity index (χ1v) is 4.28. The molecule has 66 valence electrons. The molecule has 1 atom stereocenters. The number of hydrogen-bond donors (Lipinski definition) is 2. The van der Waals surface area contributed by atoms with Gasteiger partial charge in [0.15, 0.2) is 0 Å². The highest BCUT2D eigenvalue weighted by atomic mass is 16.5. The van der Waals surface area contributed by atoms with Crippen molar-refractivity contribution in [2.75, 3.05) is 26.3 Å². The lowest BCUT2D eigenvalue weighted by Gasteiger charge is -2.20. The summed E-state index contributed by atoms with van der Waals surface area (Å²) in [6.45, 7) is 4.88. The summed E-state index contributed by atoms with van der Waals surface area (Å²) in [5, 5.41) is 12.8. The summed E-state index contributed by atoms with van der Waals surface area (Å²) in [6, 6.07) is 0. The lowest BCUT2D eigenvalue weighted by molar-refractivity contribution is -0.0320. The molecule has 0 bridgehead atoms. The van der Waals surface area contributed by atoms with Crippen molar-refractivity contribution in [2.45, 2.75) is 25.4 Å². The van der Waals surface area contributed by atoms with Crippen LogP contribution in [-0.2, 0) is 4.74 Å². The van der Waals surface area contributed by atoms with E-state index in [9.17, 15) is 5.11 Å². The number of β-amino-alcohol motifs (C(OH)–C–C–N with tert-alkyl or cyclic N) is 1. The highest BCUT2D eigenvalue weighted by Gasteiger charge is 2.30. The van der Waals surface area contributed by atoms with E-state index in [1.165, 1.54) is 0 Å². The maximum atomic E-state index is 9.73. The maximum absolute atomic E-state index is 9.73. The molecule has 1 fully saturated rings. The second kappa shape index (κ2) is 4.04. The van der Waals surface area contributed by atoms with E-state index >= 15 is 0 Å². The minimum absolute atomic E-state index is 0.480. The standard InChI is InChI=1S/C8H17NO2/c1-2-5-11-7-8(10)3-4-9-6-8/h9-10H,2-7H2,1H3. The molecule has 0 aromatic heterocycles. The van der Waals surface area contributed by atoms with Gasteiger partial charge in [0, 0.05) is 13.2 Å². The van der Waals surface area contributed by atoms with Gasteiger partial charge in [-0.1, -0.05) is 6.92 Å². The van der Waals surface area contributed by atoms with E-state index < -0.39 is 5.60 Å². The topological polar surface area (TPSA) is 41.5 Å². The SMILES string of the molecule is CCCOCC1(O)CCNC1. The lowest BCUT2D eigenvalue weighted by Crippen LogP contribution is -2.36. The monoisotopic (exact) mass is 159 g/mol. The average Bonchev–Trinajstić information content (AvgIpc) is 2.38. The van der Waals surface area contributed by atoms with Crippen LogP contribution in [0.25, 0.3) is 0 Å². The first kappa shape index (κ1) is 8.97. The molecule has 1 aliphatic rings. The Kier molecular flexibility index (Phi) is 3.30. The van der Waals surface area contributed by atoms with E-state index in [4.69, 9.17) is 4.74 Å². The summed E-state index contributed by atoms with van der Waals surface area (Å²) in [6.07, 6.45) is 1.83. The Hall–Kier alpha value is -0.120. The molecule has 1 saturated heterocycles. The van der Waals surface area contributed by atoms with Crippen molar-refractivity contribution in [3.8, 4) is 0 Å². The van der Waals surface area contributed by atoms with E-state index in [-0.39, 0.29) is 0 Å². The van der Waals surface area contributed by atoms with Crippen LogP contribution in [-0.4, -0.2) is 37.0 Å². The number of nitrogens with one attached hydrogen (secondary N) is 1. The molecule has 0 aromatic rings. The Balaban J connectivity index is 2.13. The van der Waals surface area contributed by atoms with Gasteiger partial charge in [-0.15, -0.1) is 0 Å². The zero-order chi connectivity index (χ0) is 8.16. The van der Waals surface area contributed by atoms with Crippen LogP contribution < -0.4 is 5.32 Å². The molecule has 3 nitrogen and oxygen atoms in total. The van der Waals surface area contributed by atoms with Gasteiger partial charge in [0.1, 0.15) is 5.60 Å². The predicted octanol–water partition coefficient (Wildman–Crippen LogP) is 0.137. The molecular formula is C8H17NO2. The Morgan fingerprint density at radius 1 is 1.64 bits per heavy atom. The van der Waals surface area contributed by atoms with E-state index in [0.29, 0.717) is 13.2 Å². The van der Waals surface area contributed by atoms with Gasteiger partial charge in [-0.25, -0.2) is 0 Å². The van der Waals surface area contributed by atoms with E-state index in [0.717, 1.165) is 26.0 Å². The summed E-state index contributed by atoms with van der Waals surface area (Å²) in [5.74, 6) is 0. The summed E-state index contributed by atoms with van der Waals surface area (Å²) in [7, 11) is 0. The lowest BCUT2D eigenvalue weighted by atomic mass is 10.1. The molecule has 0 aliphatic carbocycles. The molecule has 0 aromatic carbocycles. The summed E-state index contributed by atoms with van der Waals surface area (Å²) >= 11 is 0. The summed E-state index contributed by atoms with van der Waals surface area (Å²) < 4.78 is 5.28. The van der Waals surface area contributed by atoms with Crippen molar-refractivity contribution < 1.29 is 9.84 Å². The third-order valence-electron chi connectivity index (χ3n) is 1.94.